The molecule has 0 saturated carbocycles. The predicted octanol–water partition coefficient (Wildman–Crippen LogP) is -0.230. The Morgan fingerprint density at radius 1 is 1.20 bits per heavy atom. The first-order valence-corrected chi connectivity index (χ1v) is 4.75. The lowest BCUT2D eigenvalue weighted by molar-refractivity contribution is 0.0450. The van der Waals surface area contributed by atoms with Gasteiger partial charge in [0.1, 0.15) is 12.2 Å². The van der Waals surface area contributed by atoms with E-state index in [0.717, 1.165) is 0 Å². The third kappa shape index (κ3) is 3.00. The Morgan fingerprint density at radius 2 is 1.67 bits per heavy atom. The molecule has 2 rings (SSSR count). The third-order valence-electron chi connectivity index (χ3n) is 2.20. The zero-order valence-corrected chi connectivity index (χ0v) is 8.63. The molecule has 0 heterocycles. The molecule has 0 atom stereocenters. The maximum absolute atomic E-state index is 8.17. The number of hydrogen-bond acceptors (Lipinski definition) is 4. The lowest BCUT2D eigenvalue weighted by atomic mass is 10.2. The Morgan fingerprint density at radius 3 is 1.80 bits per heavy atom. The zero-order valence-electron chi connectivity index (χ0n) is 8.63. The van der Waals surface area contributed by atoms with Gasteiger partial charge in [-0.2, -0.15) is 0 Å². The summed E-state index contributed by atoms with van der Waals surface area (Å²) in [5, 5.41) is 24.0. The monoisotopic (exact) mass is 212 g/mol. The van der Waals surface area contributed by atoms with Crippen molar-refractivity contribution in [1.29, 1.82) is 0 Å². The third-order valence-corrected chi connectivity index (χ3v) is 2.20. The SMILES string of the molecule is COC1C2=CC=C1C=C2.OCC(O)CO. The molecule has 0 unspecified atom stereocenters. The van der Waals surface area contributed by atoms with E-state index in [2.05, 4.69) is 24.3 Å². The summed E-state index contributed by atoms with van der Waals surface area (Å²) >= 11 is 0. The van der Waals surface area contributed by atoms with Crippen LogP contribution >= 0.6 is 0 Å². The molecule has 0 saturated heterocycles. The van der Waals surface area contributed by atoms with Crippen LogP contribution in [0, 0.1) is 0 Å². The highest BCUT2D eigenvalue weighted by Gasteiger charge is 2.23. The molecule has 0 aromatic heterocycles. The predicted molar refractivity (Wildman–Crippen MR) is 56.3 cm³/mol. The van der Waals surface area contributed by atoms with E-state index in [4.69, 9.17) is 20.1 Å². The van der Waals surface area contributed by atoms with Gasteiger partial charge in [-0.05, 0) is 11.1 Å². The molecule has 15 heavy (non-hydrogen) atoms. The minimum atomic E-state index is -0.954. The lowest BCUT2D eigenvalue weighted by Crippen LogP contribution is -2.15. The van der Waals surface area contributed by atoms with E-state index in [1.807, 2.05) is 0 Å². The highest BCUT2D eigenvalue weighted by Crippen LogP contribution is 2.30. The van der Waals surface area contributed by atoms with E-state index >= 15 is 0 Å². The van der Waals surface area contributed by atoms with Crippen LogP contribution < -0.4 is 0 Å². The average molecular weight is 212 g/mol. The van der Waals surface area contributed by atoms with Crippen LogP contribution in [-0.4, -0.2) is 47.9 Å². The molecule has 2 aliphatic carbocycles. The van der Waals surface area contributed by atoms with Crippen LogP contribution in [0.3, 0.4) is 0 Å². The van der Waals surface area contributed by atoms with Gasteiger partial charge in [-0.1, -0.05) is 24.3 Å². The van der Waals surface area contributed by atoms with E-state index in [9.17, 15) is 0 Å². The van der Waals surface area contributed by atoms with E-state index in [1.54, 1.807) is 7.11 Å². The van der Waals surface area contributed by atoms with Crippen LogP contribution in [0.5, 0.6) is 0 Å². The molecule has 2 aliphatic rings. The molecular weight excluding hydrogens is 196 g/mol. The van der Waals surface area contributed by atoms with Crippen molar-refractivity contribution in [2.24, 2.45) is 0 Å². The molecule has 4 heteroatoms. The molecule has 84 valence electrons. The van der Waals surface area contributed by atoms with Crippen molar-refractivity contribution in [2.75, 3.05) is 20.3 Å². The quantitative estimate of drug-likeness (QED) is 0.604. The molecule has 0 aromatic rings. The molecule has 0 aromatic carbocycles. The summed E-state index contributed by atoms with van der Waals surface area (Å²) in [6, 6.07) is 0. The molecule has 4 nitrogen and oxygen atoms in total. The molecule has 2 bridgehead atoms. The number of ether oxygens (including phenoxy) is 1. The van der Waals surface area contributed by atoms with E-state index in [-0.39, 0.29) is 19.3 Å². The normalized spacial score (nSPS) is 17.7. The highest BCUT2D eigenvalue weighted by molar-refractivity contribution is 5.54. The summed E-state index contributed by atoms with van der Waals surface area (Å²) < 4.78 is 5.20. The molecule has 0 spiro atoms. The topological polar surface area (TPSA) is 69.9 Å². The number of methoxy groups -OCH3 is 1. The van der Waals surface area contributed by atoms with Crippen molar-refractivity contribution in [3.05, 3.63) is 35.5 Å². The summed E-state index contributed by atoms with van der Waals surface area (Å²) in [6.45, 7) is -0.729. The van der Waals surface area contributed by atoms with Crippen molar-refractivity contribution >= 4 is 0 Å². The Hall–Kier alpha value is -0.940. The minimum Gasteiger partial charge on any atom is -0.394 e. The van der Waals surface area contributed by atoms with Crippen molar-refractivity contribution in [3.8, 4) is 0 Å². The van der Waals surface area contributed by atoms with Gasteiger partial charge in [0.25, 0.3) is 0 Å². The first-order valence-electron chi connectivity index (χ1n) is 4.75. The number of rotatable bonds is 3. The van der Waals surface area contributed by atoms with Gasteiger partial charge < -0.3 is 20.1 Å². The smallest absolute Gasteiger partial charge is 0.107 e. The molecule has 0 amide bonds. The average Bonchev–Trinajstić information content (AvgIpc) is 2.87. The second kappa shape index (κ2) is 5.82. The van der Waals surface area contributed by atoms with Gasteiger partial charge in [0.2, 0.25) is 0 Å². The van der Waals surface area contributed by atoms with E-state index in [1.165, 1.54) is 11.1 Å². The van der Waals surface area contributed by atoms with E-state index in [0.29, 0.717) is 0 Å². The second-order valence-corrected chi connectivity index (χ2v) is 3.30. The van der Waals surface area contributed by atoms with Gasteiger partial charge in [-0.15, -0.1) is 0 Å². The van der Waals surface area contributed by atoms with Crippen LogP contribution in [-0.2, 0) is 4.74 Å². The largest absolute Gasteiger partial charge is 0.394 e. The van der Waals surface area contributed by atoms with E-state index < -0.39 is 6.10 Å². The number of aliphatic hydroxyl groups excluding tert-OH is 3. The maximum Gasteiger partial charge on any atom is 0.107 e. The Balaban J connectivity index is 0.000000167. The number of fused-ring (bicyclic) bond motifs is 2. The molecular formula is C11H16O4. The van der Waals surface area contributed by atoms with Gasteiger partial charge in [0.15, 0.2) is 0 Å². The molecule has 3 N–H and O–H groups in total. The standard InChI is InChI=1S/C8H8O.C3H8O3/c1-9-8-6-2-3-7(8)5-4-6;4-1-3(6)2-5/h2-5,8H,1H3;3-6H,1-2H2. The number of aliphatic hydroxyl groups is 3. The fourth-order valence-corrected chi connectivity index (χ4v) is 1.37. The lowest BCUT2D eigenvalue weighted by Gasteiger charge is -2.05. The Kier molecular flexibility index (Phi) is 4.71. The van der Waals surface area contributed by atoms with Crippen LogP contribution in [0.15, 0.2) is 35.5 Å². The fraction of sp³-hybridized carbons (Fsp3) is 0.455. The van der Waals surface area contributed by atoms with Gasteiger partial charge in [-0.25, -0.2) is 0 Å². The maximum atomic E-state index is 8.17. The van der Waals surface area contributed by atoms with Gasteiger partial charge >= 0.3 is 0 Å². The van der Waals surface area contributed by atoms with Crippen LogP contribution in [0.25, 0.3) is 0 Å². The number of allylic oxidation sites excluding steroid dienone is 2. The molecule has 0 aliphatic heterocycles. The van der Waals surface area contributed by atoms with Crippen LogP contribution in [0.2, 0.25) is 0 Å². The van der Waals surface area contributed by atoms with Crippen molar-refractivity contribution in [2.45, 2.75) is 12.2 Å². The van der Waals surface area contributed by atoms with Gasteiger partial charge in [-0.3, -0.25) is 0 Å². The summed E-state index contributed by atoms with van der Waals surface area (Å²) in [7, 11) is 1.74. The first-order chi connectivity index (χ1) is 7.22. The summed E-state index contributed by atoms with van der Waals surface area (Å²) in [5.41, 5.74) is 2.57. The first kappa shape index (κ1) is 12.1. The van der Waals surface area contributed by atoms with Crippen molar-refractivity contribution < 1.29 is 20.1 Å². The van der Waals surface area contributed by atoms with Crippen molar-refractivity contribution in [1.82, 2.24) is 0 Å². The minimum absolute atomic E-state index is 0.255. The van der Waals surface area contributed by atoms with Crippen molar-refractivity contribution in [3.63, 3.8) is 0 Å². The summed E-state index contributed by atoms with van der Waals surface area (Å²) in [4.78, 5) is 0. The number of hydrogen-bond donors (Lipinski definition) is 3. The van der Waals surface area contributed by atoms with Crippen LogP contribution in [0.1, 0.15) is 0 Å². The Bertz CT molecular complexity index is 265. The second-order valence-electron chi connectivity index (χ2n) is 3.30. The highest BCUT2D eigenvalue weighted by atomic mass is 16.5. The van der Waals surface area contributed by atoms with Crippen LogP contribution in [0.4, 0.5) is 0 Å². The molecule has 0 radical (unpaired) electrons. The Labute approximate surface area is 88.8 Å². The zero-order chi connectivity index (χ0) is 11.3. The summed E-state index contributed by atoms with van der Waals surface area (Å²) in [5.74, 6) is 0. The molecule has 0 fully saturated rings. The summed E-state index contributed by atoms with van der Waals surface area (Å²) in [6.07, 6.45) is 7.70. The van der Waals surface area contributed by atoms with Gasteiger partial charge in [0, 0.05) is 7.11 Å². The fourth-order valence-electron chi connectivity index (χ4n) is 1.37. The van der Waals surface area contributed by atoms with Gasteiger partial charge in [0.05, 0.1) is 13.2 Å².